The van der Waals surface area contributed by atoms with Crippen molar-refractivity contribution in [2.75, 3.05) is 31.8 Å². The van der Waals surface area contributed by atoms with Crippen molar-refractivity contribution >= 4 is 17.3 Å². The van der Waals surface area contributed by atoms with Gasteiger partial charge in [0.25, 0.3) is 0 Å². The topological polar surface area (TPSA) is 96.8 Å². The number of nitrogens with two attached hydrogens (primary N) is 2. The minimum absolute atomic E-state index is 0.178. The van der Waals surface area contributed by atoms with Gasteiger partial charge in [-0.25, -0.2) is 0 Å². The van der Waals surface area contributed by atoms with Crippen LogP contribution < -0.4 is 20.9 Å². The maximum Gasteiger partial charge on any atom is 0.309 e. The molecule has 0 aliphatic rings. The second kappa shape index (κ2) is 7.93. The van der Waals surface area contributed by atoms with Crippen molar-refractivity contribution in [2.45, 2.75) is 6.42 Å². The average Bonchev–Trinajstić information content (AvgIpc) is 2.54. The molecule has 6 heteroatoms. The molecule has 0 bridgehead atoms. The Morgan fingerprint density at radius 2 is 1.61 bits per heavy atom. The van der Waals surface area contributed by atoms with E-state index in [1.165, 1.54) is 7.11 Å². The van der Waals surface area contributed by atoms with Crippen LogP contribution in [0.15, 0.2) is 42.5 Å². The SMILES string of the molecule is COC(=O)Cc1ccc(OCCOc2ccccc2N)c(N)c1. The van der Waals surface area contributed by atoms with Gasteiger partial charge in [-0.1, -0.05) is 18.2 Å². The van der Waals surface area contributed by atoms with Crippen molar-refractivity contribution < 1.29 is 19.0 Å². The van der Waals surface area contributed by atoms with E-state index in [1.54, 1.807) is 30.3 Å². The summed E-state index contributed by atoms with van der Waals surface area (Å²) in [6.07, 6.45) is 0.178. The summed E-state index contributed by atoms with van der Waals surface area (Å²) in [6, 6.07) is 12.5. The Kier molecular flexibility index (Phi) is 5.68. The quantitative estimate of drug-likeness (QED) is 0.461. The Balaban J connectivity index is 1.84. The summed E-state index contributed by atoms with van der Waals surface area (Å²) in [4.78, 5) is 11.2. The third-order valence-electron chi connectivity index (χ3n) is 3.17. The molecule has 4 N–H and O–H groups in total. The van der Waals surface area contributed by atoms with Crippen LogP contribution in [0.3, 0.4) is 0 Å². The first kappa shape index (κ1) is 16.5. The highest BCUT2D eigenvalue weighted by Gasteiger charge is 2.07. The molecule has 0 fully saturated rings. The van der Waals surface area contributed by atoms with Crippen molar-refractivity contribution in [3.8, 4) is 11.5 Å². The molecule has 23 heavy (non-hydrogen) atoms. The number of esters is 1. The zero-order valence-corrected chi connectivity index (χ0v) is 13.0. The summed E-state index contributed by atoms with van der Waals surface area (Å²) in [5.74, 6) is 0.854. The minimum Gasteiger partial charge on any atom is -0.488 e. The third kappa shape index (κ3) is 4.81. The lowest BCUT2D eigenvalue weighted by molar-refractivity contribution is -0.139. The van der Waals surface area contributed by atoms with Gasteiger partial charge in [-0.3, -0.25) is 4.79 Å². The van der Waals surface area contributed by atoms with Gasteiger partial charge in [0.1, 0.15) is 24.7 Å². The molecular formula is C17H20N2O4. The number of carbonyl (C=O) groups is 1. The van der Waals surface area contributed by atoms with E-state index in [-0.39, 0.29) is 12.4 Å². The number of ether oxygens (including phenoxy) is 3. The molecule has 2 aromatic carbocycles. The molecule has 0 saturated carbocycles. The van der Waals surface area contributed by atoms with E-state index < -0.39 is 0 Å². The molecule has 0 aliphatic heterocycles. The zero-order chi connectivity index (χ0) is 16.7. The lowest BCUT2D eigenvalue weighted by Gasteiger charge is -2.12. The lowest BCUT2D eigenvalue weighted by Crippen LogP contribution is -2.11. The molecule has 0 amide bonds. The van der Waals surface area contributed by atoms with Crippen molar-refractivity contribution in [2.24, 2.45) is 0 Å². The predicted molar refractivity (Wildman–Crippen MR) is 88.4 cm³/mol. The monoisotopic (exact) mass is 316 g/mol. The van der Waals surface area contributed by atoms with Gasteiger partial charge < -0.3 is 25.7 Å². The van der Waals surface area contributed by atoms with Crippen LogP contribution in [0.1, 0.15) is 5.56 Å². The Bertz CT molecular complexity index is 673. The van der Waals surface area contributed by atoms with Gasteiger partial charge >= 0.3 is 5.97 Å². The van der Waals surface area contributed by atoms with Gasteiger partial charge in [0, 0.05) is 0 Å². The summed E-state index contributed by atoms with van der Waals surface area (Å²) in [6.45, 7) is 0.673. The van der Waals surface area contributed by atoms with Crippen LogP contribution in [0.25, 0.3) is 0 Å². The normalized spacial score (nSPS) is 10.1. The van der Waals surface area contributed by atoms with Crippen molar-refractivity contribution in [3.63, 3.8) is 0 Å². The van der Waals surface area contributed by atoms with Crippen LogP contribution in [0, 0.1) is 0 Å². The highest BCUT2D eigenvalue weighted by atomic mass is 16.5. The molecule has 0 aliphatic carbocycles. The molecule has 0 saturated heterocycles. The number of benzene rings is 2. The van der Waals surface area contributed by atoms with Gasteiger partial charge in [-0.05, 0) is 29.8 Å². The highest BCUT2D eigenvalue weighted by Crippen LogP contribution is 2.23. The molecule has 6 nitrogen and oxygen atoms in total. The lowest BCUT2D eigenvalue weighted by atomic mass is 10.1. The first-order valence-electron chi connectivity index (χ1n) is 7.15. The van der Waals surface area contributed by atoms with E-state index in [2.05, 4.69) is 4.74 Å². The third-order valence-corrected chi connectivity index (χ3v) is 3.17. The van der Waals surface area contributed by atoms with E-state index in [0.29, 0.717) is 36.1 Å². The van der Waals surface area contributed by atoms with Crippen molar-refractivity contribution in [1.29, 1.82) is 0 Å². The number of hydrogen-bond acceptors (Lipinski definition) is 6. The van der Waals surface area contributed by atoms with Crippen molar-refractivity contribution in [3.05, 3.63) is 48.0 Å². The zero-order valence-electron chi connectivity index (χ0n) is 13.0. The molecule has 122 valence electrons. The summed E-state index contributed by atoms with van der Waals surface area (Å²) in [5, 5.41) is 0. The molecule has 0 radical (unpaired) electrons. The van der Waals surface area contributed by atoms with Gasteiger partial charge in [0.2, 0.25) is 0 Å². The largest absolute Gasteiger partial charge is 0.488 e. The first-order valence-corrected chi connectivity index (χ1v) is 7.15. The number of methoxy groups -OCH3 is 1. The van der Waals surface area contributed by atoms with Crippen LogP contribution in [-0.2, 0) is 16.0 Å². The molecule has 0 unspecified atom stereocenters. The van der Waals surface area contributed by atoms with E-state index in [9.17, 15) is 4.79 Å². The molecular weight excluding hydrogens is 296 g/mol. The summed E-state index contributed by atoms with van der Waals surface area (Å²) >= 11 is 0. The second-order valence-electron chi connectivity index (χ2n) is 4.86. The Morgan fingerprint density at radius 3 is 2.22 bits per heavy atom. The minimum atomic E-state index is -0.313. The highest BCUT2D eigenvalue weighted by molar-refractivity contribution is 5.73. The predicted octanol–water partition coefficient (Wildman–Crippen LogP) is 2.02. The number of carbonyl (C=O) groups excluding carboxylic acids is 1. The molecule has 0 atom stereocenters. The summed E-state index contributed by atoms with van der Waals surface area (Å²) in [7, 11) is 1.35. The van der Waals surface area contributed by atoms with Gasteiger partial charge in [-0.2, -0.15) is 0 Å². The van der Waals surface area contributed by atoms with Crippen LogP contribution in [0.2, 0.25) is 0 Å². The van der Waals surface area contributed by atoms with Crippen LogP contribution in [0.4, 0.5) is 11.4 Å². The standard InChI is InChI=1S/C17H20N2O4/c1-21-17(20)11-12-6-7-16(14(19)10-12)23-9-8-22-15-5-3-2-4-13(15)18/h2-7,10H,8-9,11,18-19H2,1H3. The van der Waals surface area contributed by atoms with Crippen LogP contribution >= 0.6 is 0 Å². The average molecular weight is 316 g/mol. The van der Waals surface area contributed by atoms with E-state index >= 15 is 0 Å². The van der Waals surface area contributed by atoms with Gasteiger partial charge in [0.15, 0.2) is 0 Å². The van der Waals surface area contributed by atoms with Gasteiger partial charge in [-0.15, -0.1) is 0 Å². The van der Waals surface area contributed by atoms with E-state index in [1.807, 2.05) is 12.1 Å². The maximum absolute atomic E-state index is 11.2. The Labute approximate surface area is 134 Å². The number of nitrogen functional groups attached to an aromatic ring is 2. The fraction of sp³-hybridized carbons (Fsp3) is 0.235. The summed E-state index contributed by atoms with van der Waals surface area (Å²) < 4.78 is 15.7. The van der Waals surface area contributed by atoms with Crippen molar-refractivity contribution in [1.82, 2.24) is 0 Å². The summed E-state index contributed by atoms with van der Waals surface area (Å²) in [5.41, 5.74) is 13.5. The fourth-order valence-electron chi connectivity index (χ4n) is 1.99. The smallest absolute Gasteiger partial charge is 0.309 e. The number of anilines is 2. The molecule has 2 rings (SSSR count). The van der Waals surface area contributed by atoms with Crippen LogP contribution in [0.5, 0.6) is 11.5 Å². The van der Waals surface area contributed by atoms with E-state index in [0.717, 1.165) is 5.56 Å². The van der Waals surface area contributed by atoms with E-state index in [4.69, 9.17) is 20.9 Å². The molecule has 0 aromatic heterocycles. The fourth-order valence-corrected chi connectivity index (χ4v) is 1.99. The Morgan fingerprint density at radius 1 is 0.957 bits per heavy atom. The number of hydrogen-bond donors (Lipinski definition) is 2. The molecule has 2 aromatic rings. The van der Waals surface area contributed by atoms with Crippen LogP contribution in [-0.4, -0.2) is 26.3 Å². The second-order valence-corrected chi connectivity index (χ2v) is 4.86. The maximum atomic E-state index is 11.2. The molecule has 0 spiro atoms. The van der Waals surface area contributed by atoms with Gasteiger partial charge in [0.05, 0.1) is 24.9 Å². The molecule has 0 heterocycles. The first-order chi connectivity index (χ1) is 11.1. The Hall–Kier alpha value is -2.89. The number of para-hydroxylation sites is 2. The number of rotatable bonds is 7.